The lowest BCUT2D eigenvalue weighted by Gasteiger charge is -2.00. The molecule has 0 radical (unpaired) electrons. The summed E-state index contributed by atoms with van der Waals surface area (Å²) < 4.78 is 0. The van der Waals surface area contributed by atoms with Gasteiger partial charge in [-0.05, 0) is 62.6 Å². The predicted octanol–water partition coefficient (Wildman–Crippen LogP) is 2.89. The third kappa shape index (κ3) is 9.36. The Morgan fingerprint density at radius 1 is 1.00 bits per heavy atom. The molecule has 0 aliphatic carbocycles. The van der Waals surface area contributed by atoms with E-state index in [-0.39, 0.29) is 5.48 Å². The standard InChI is InChI=1S/C10H16N2.C10H10N2.H2O/c2*1-2-9-5-3-6-10(12-9)7-4-8-11;/h3,5-6H,2,4,7-8,11H2,1H3;3-7H,2H2,1H3;1H2/b;7-4+;. The quantitative estimate of drug-likeness (QED) is 0.816. The largest absolute Gasteiger partial charge is 0.412 e. The summed E-state index contributed by atoms with van der Waals surface area (Å²) in [6.07, 6.45) is 7.11. The van der Waals surface area contributed by atoms with E-state index < -0.39 is 0 Å². The lowest BCUT2D eigenvalue weighted by Crippen LogP contribution is -2.02. The van der Waals surface area contributed by atoms with E-state index in [0.29, 0.717) is 0 Å². The molecule has 5 nitrogen and oxygen atoms in total. The molecule has 5 heteroatoms. The molecule has 0 aliphatic heterocycles. The molecule has 2 rings (SSSR count). The lowest BCUT2D eigenvalue weighted by atomic mass is 10.2. The average molecular weight is 340 g/mol. The smallest absolute Gasteiger partial charge is 0.0912 e. The molecule has 2 aromatic rings. The Morgan fingerprint density at radius 2 is 1.60 bits per heavy atom. The van der Waals surface area contributed by atoms with Crippen molar-refractivity contribution in [2.75, 3.05) is 6.54 Å². The predicted molar refractivity (Wildman–Crippen MR) is 103 cm³/mol. The molecule has 0 bridgehead atoms. The number of hydrogen-bond acceptors (Lipinski definition) is 4. The van der Waals surface area contributed by atoms with Gasteiger partial charge in [-0.2, -0.15) is 5.26 Å². The Balaban J connectivity index is 0.000000443. The van der Waals surface area contributed by atoms with Gasteiger partial charge in [0.1, 0.15) is 0 Å². The molecule has 0 saturated carbocycles. The fourth-order valence-corrected chi connectivity index (χ4v) is 2.06. The number of nitrogens with zero attached hydrogens (tertiary/aromatic N) is 3. The van der Waals surface area contributed by atoms with Crippen molar-refractivity contribution >= 4 is 6.08 Å². The monoisotopic (exact) mass is 340 g/mol. The number of nitrogens with two attached hydrogens (primary N) is 1. The van der Waals surface area contributed by atoms with Crippen molar-refractivity contribution in [3.05, 3.63) is 65.2 Å². The summed E-state index contributed by atoms with van der Waals surface area (Å²) in [7, 11) is 0. The number of allylic oxidation sites excluding steroid dienone is 1. The molecular weight excluding hydrogens is 312 g/mol. The van der Waals surface area contributed by atoms with Crippen LogP contribution in [0.15, 0.2) is 42.5 Å². The number of nitriles is 1. The van der Waals surface area contributed by atoms with Gasteiger partial charge in [-0.15, -0.1) is 0 Å². The maximum absolute atomic E-state index is 8.29. The van der Waals surface area contributed by atoms with E-state index in [9.17, 15) is 0 Å². The van der Waals surface area contributed by atoms with Gasteiger partial charge in [-0.1, -0.05) is 26.0 Å². The highest BCUT2D eigenvalue weighted by molar-refractivity contribution is 5.47. The molecule has 0 fully saturated rings. The highest BCUT2D eigenvalue weighted by Gasteiger charge is 1.95. The molecule has 0 aliphatic rings. The number of aryl methyl sites for hydroxylation is 3. The highest BCUT2D eigenvalue weighted by atomic mass is 16.0. The maximum Gasteiger partial charge on any atom is 0.0912 e. The van der Waals surface area contributed by atoms with Crippen LogP contribution in [-0.4, -0.2) is 22.0 Å². The van der Waals surface area contributed by atoms with Gasteiger partial charge in [0.15, 0.2) is 0 Å². The molecule has 4 N–H and O–H groups in total. The Kier molecular flexibility index (Phi) is 12.4. The van der Waals surface area contributed by atoms with Crippen molar-refractivity contribution in [3.8, 4) is 6.07 Å². The van der Waals surface area contributed by atoms with Gasteiger partial charge in [0.05, 0.1) is 11.8 Å². The van der Waals surface area contributed by atoms with Crippen LogP contribution in [-0.2, 0) is 19.3 Å². The first-order valence-electron chi connectivity index (χ1n) is 8.40. The van der Waals surface area contributed by atoms with Crippen LogP contribution in [0, 0.1) is 11.3 Å². The Labute approximate surface area is 150 Å². The minimum absolute atomic E-state index is 0. The van der Waals surface area contributed by atoms with Crippen LogP contribution >= 0.6 is 0 Å². The Morgan fingerprint density at radius 3 is 2.20 bits per heavy atom. The summed E-state index contributed by atoms with van der Waals surface area (Å²) in [6, 6.07) is 13.9. The summed E-state index contributed by atoms with van der Waals surface area (Å²) in [5.74, 6) is 0. The van der Waals surface area contributed by atoms with E-state index in [1.165, 1.54) is 17.5 Å². The minimum atomic E-state index is 0. The molecule has 2 aromatic heterocycles. The number of rotatable bonds is 6. The van der Waals surface area contributed by atoms with Crippen LogP contribution in [0.2, 0.25) is 0 Å². The first-order chi connectivity index (χ1) is 11.7. The SMILES string of the molecule is CCc1cccc(/C=C/C#N)n1.CCc1cccc(CCCN)n1.O. The second-order valence-electron chi connectivity index (χ2n) is 5.24. The van der Waals surface area contributed by atoms with Gasteiger partial charge in [0.25, 0.3) is 0 Å². The van der Waals surface area contributed by atoms with E-state index in [2.05, 4.69) is 42.0 Å². The molecular formula is C20H28N4O. The van der Waals surface area contributed by atoms with E-state index in [4.69, 9.17) is 11.0 Å². The van der Waals surface area contributed by atoms with Crippen molar-refractivity contribution in [2.45, 2.75) is 39.5 Å². The van der Waals surface area contributed by atoms with Crippen LogP contribution < -0.4 is 5.73 Å². The molecule has 0 aromatic carbocycles. The van der Waals surface area contributed by atoms with Gasteiger partial charge in [0.2, 0.25) is 0 Å². The van der Waals surface area contributed by atoms with Crippen LogP contribution in [0.1, 0.15) is 43.0 Å². The topological polar surface area (TPSA) is 107 Å². The van der Waals surface area contributed by atoms with Gasteiger partial charge in [0, 0.05) is 23.2 Å². The zero-order chi connectivity index (χ0) is 17.6. The molecule has 2 heterocycles. The van der Waals surface area contributed by atoms with E-state index in [1.54, 1.807) is 6.08 Å². The van der Waals surface area contributed by atoms with E-state index in [0.717, 1.165) is 43.6 Å². The molecule has 0 saturated heterocycles. The lowest BCUT2D eigenvalue weighted by molar-refractivity contribution is 0.801. The molecule has 0 spiro atoms. The first-order valence-corrected chi connectivity index (χ1v) is 8.40. The average Bonchev–Trinajstić information content (AvgIpc) is 2.65. The highest BCUT2D eigenvalue weighted by Crippen LogP contribution is 2.02. The fraction of sp³-hybridized carbons (Fsp3) is 0.350. The summed E-state index contributed by atoms with van der Waals surface area (Å²) in [5.41, 5.74) is 9.65. The van der Waals surface area contributed by atoms with Gasteiger partial charge in [-0.25, -0.2) is 0 Å². The van der Waals surface area contributed by atoms with Crippen LogP contribution in [0.3, 0.4) is 0 Å². The van der Waals surface area contributed by atoms with Gasteiger partial charge < -0.3 is 11.2 Å². The molecule has 0 unspecified atom stereocenters. The van der Waals surface area contributed by atoms with Gasteiger partial charge in [-0.3, -0.25) is 9.97 Å². The summed E-state index contributed by atoms with van der Waals surface area (Å²) in [5, 5.41) is 8.29. The summed E-state index contributed by atoms with van der Waals surface area (Å²) in [4.78, 5) is 8.76. The fourth-order valence-electron chi connectivity index (χ4n) is 2.06. The maximum atomic E-state index is 8.29. The van der Waals surface area contributed by atoms with Crippen LogP contribution in [0.4, 0.5) is 0 Å². The molecule has 0 amide bonds. The second-order valence-corrected chi connectivity index (χ2v) is 5.24. The van der Waals surface area contributed by atoms with Crippen molar-refractivity contribution in [3.63, 3.8) is 0 Å². The third-order valence-corrected chi connectivity index (χ3v) is 3.38. The molecule has 25 heavy (non-hydrogen) atoms. The zero-order valence-corrected chi connectivity index (χ0v) is 15.1. The third-order valence-electron chi connectivity index (χ3n) is 3.38. The normalized spacial score (nSPS) is 9.68. The first kappa shape index (κ1) is 22.4. The minimum Gasteiger partial charge on any atom is -0.412 e. The van der Waals surface area contributed by atoms with Crippen molar-refractivity contribution in [1.29, 1.82) is 5.26 Å². The van der Waals surface area contributed by atoms with E-state index in [1.807, 2.05) is 24.3 Å². The summed E-state index contributed by atoms with van der Waals surface area (Å²) >= 11 is 0. The number of aromatic nitrogens is 2. The van der Waals surface area contributed by atoms with Crippen LogP contribution in [0.5, 0.6) is 0 Å². The van der Waals surface area contributed by atoms with Gasteiger partial charge >= 0.3 is 0 Å². The van der Waals surface area contributed by atoms with Crippen molar-refractivity contribution in [1.82, 2.24) is 9.97 Å². The zero-order valence-electron chi connectivity index (χ0n) is 15.1. The second kappa shape index (κ2) is 13.8. The number of pyridine rings is 2. The number of hydrogen-bond donors (Lipinski definition) is 1. The molecule has 134 valence electrons. The molecule has 0 atom stereocenters. The van der Waals surface area contributed by atoms with Crippen molar-refractivity contribution in [2.24, 2.45) is 5.73 Å². The summed E-state index contributed by atoms with van der Waals surface area (Å²) in [6.45, 7) is 4.92. The Hall–Kier alpha value is -2.55. The van der Waals surface area contributed by atoms with Crippen LogP contribution in [0.25, 0.3) is 6.08 Å². The van der Waals surface area contributed by atoms with Crippen molar-refractivity contribution < 1.29 is 5.48 Å². The Bertz CT molecular complexity index is 677. The van der Waals surface area contributed by atoms with E-state index >= 15 is 0 Å².